The maximum absolute atomic E-state index is 11.1. The van der Waals surface area contributed by atoms with Crippen LogP contribution in [0.25, 0.3) is 0 Å². The largest absolute Gasteiger partial charge is 0.383 e. The van der Waals surface area contributed by atoms with Crippen molar-refractivity contribution >= 4 is 0 Å². The van der Waals surface area contributed by atoms with Gasteiger partial charge < -0.3 is 4.52 Å². The van der Waals surface area contributed by atoms with Crippen molar-refractivity contribution < 1.29 is 4.52 Å². The molecule has 0 unspecified atom stereocenters. The van der Waals surface area contributed by atoms with Gasteiger partial charge in [0.2, 0.25) is 0 Å². The third-order valence-electron chi connectivity index (χ3n) is 2.29. The summed E-state index contributed by atoms with van der Waals surface area (Å²) in [6, 6.07) is 0. The van der Waals surface area contributed by atoms with E-state index in [9.17, 15) is 4.79 Å². The van der Waals surface area contributed by atoms with E-state index in [1.54, 1.807) is 0 Å². The molecule has 11 heavy (non-hydrogen) atoms. The van der Waals surface area contributed by atoms with E-state index in [2.05, 4.69) is 12.1 Å². The van der Waals surface area contributed by atoms with Crippen molar-refractivity contribution in [2.45, 2.75) is 26.2 Å². The van der Waals surface area contributed by atoms with Gasteiger partial charge in [0.25, 0.3) is 5.56 Å². The fraction of sp³-hybridized carbons (Fsp3) is 0.625. The SMILES string of the molecule is C[C@H]1CCc2o[nH]c(=O)c2C1. The Bertz CT molecular complexity index is 310. The van der Waals surface area contributed by atoms with Crippen LogP contribution < -0.4 is 5.56 Å². The number of rotatable bonds is 0. The fourth-order valence-electron chi connectivity index (χ4n) is 1.59. The van der Waals surface area contributed by atoms with Gasteiger partial charge in [-0.05, 0) is 18.8 Å². The monoisotopic (exact) mass is 153 g/mol. The average molecular weight is 153 g/mol. The van der Waals surface area contributed by atoms with E-state index in [4.69, 9.17) is 4.52 Å². The van der Waals surface area contributed by atoms with Crippen molar-refractivity contribution in [1.82, 2.24) is 5.16 Å². The number of H-pyrrole nitrogens is 1. The molecule has 1 aliphatic carbocycles. The van der Waals surface area contributed by atoms with Crippen molar-refractivity contribution in [1.29, 1.82) is 0 Å². The van der Waals surface area contributed by atoms with E-state index < -0.39 is 0 Å². The number of nitrogens with one attached hydrogen (secondary N) is 1. The zero-order chi connectivity index (χ0) is 7.84. The molecule has 1 aromatic heterocycles. The molecule has 3 heteroatoms. The fourth-order valence-corrected chi connectivity index (χ4v) is 1.59. The second-order valence-corrected chi connectivity index (χ2v) is 3.28. The molecule has 0 aromatic carbocycles. The highest BCUT2D eigenvalue weighted by Crippen LogP contribution is 2.21. The van der Waals surface area contributed by atoms with Crippen LogP contribution in [-0.4, -0.2) is 5.16 Å². The van der Waals surface area contributed by atoms with Crippen molar-refractivity contribution in [3.63, 3.8) is 0 Å². The van der Waals surface area contributed by atoms with E-state index in [-0.39, 0.29) is 5.56 Å². The van der Waals surface area contributed by atoms with Gasteiger partial charge in [0.15, 0.2) is 0 Å². The molecule has 1 heterocycles. The lowest BCUT2D eigenvalue weighted by molar-refractivity contribution is 0.354. The van der Waals surface area contributed by atoms with Crippen LogP contribution in [0.5, 0.6) is 0 Å². The van der Waals surface area contributed by atoms with Crippen LogP contribution in [0.1, 0.15) is 24.7 Å². The minimum Gasteiger partial charge on any atom is -0.383 e. The van der Waals surface area contributed by atoms with Crippen LogP contribution in [-0.2, 0) is 12.8 Å². The van der Waals surface area contributed by atoms with Crippen LogP contribution in [0.4, 0.5) is 0 Å². The van der Waals surface area contributed by atoms with Crippen molar-refractivity contribution in [3.8, 4) is 0 Å². The standard InChI is InChI=1S/C8H11NO2/c1-5-2-3-7-6(4-5)8(10)9-11-7/h5H,2-4H2,1H3,(H,9,10)/t5-/m0/s1. The van der Waals surface area contributed by atoms with Crippen LogP contribution in [0.3, 0.4) is 0 Å². The van der Waals surface area contributed by atoms with Gasteiger partial charge in [-0.2, -0.15) is 5.16 Å². The zero-order valence-corrected chi connectivity index (χ0v) is 6.52. The van der Waals surface area contributed by atoms with Crippen molar-refractivity contribution in [2.75, 3.05) is 0 Å². The number of hydrogen-bond acceptors (Lipinski definition) is 2. The number of aromatic amines is 1. The van der Waals surface area contributed by atoms with Gasteiger partial charge in [-0.3, -0.25) is 4.79 Å². The highest BCUT2D eigenvalue weighted by molar-refractivity contribution is 5.17. The molecule has 1 aromatic rings. The molecular weight excluding hydrogens is 142 g/mol. The third kappa shape index (κ3) is 1.00. The van der Waals surface area contributed by atoms with Crippen LogP contribution in [0, 0.1) is 5.92 Å². The van der Waals surface area contributed by atoms with Gasteiger partial charge in [0, 0.05) is 6.42 Å². The molecule has 1 N–H and O–H groups in total. The van der Waals surface area contributed by atoms with E-state index in [1.807, 2.05) is 0 Å². The Labute approximate surface area is 64.4 Å². The van der Waals surface area contributed by atoms with E-state index in [0.29, 0.717) is 5.92 Å². The quantitative estimate of drug-likeness (QED) is 0.606. The van der Waals surface area contributed by atoms with Gasteiger partial charge in [0.1, 0.15) is 5.76 Å². The summed E-state index contributed by atoms with van der Waals surface area (Å²) in [4.78, 5) is 11.1. The Morgan fingerprint density at radius 2 is 2.45 bits per heavy atom. The summed E-state index contributed by atoms with van der Waals surface area (Å²) in [5.41, 5.74) is 0.829. The minimum absolute atomic E-state index is 0.0356. The average Bonchev–Trinajstić information content (AvgIpc) is 2.33. The zero-order valence-electron chi connectivity index (χ0n) is 6.52. The summed E-state index contributed by atoms with van der Waals surface area (Å²) in [6.45, 7) is 2.16. The summed E-state index contributed by atoms with van der Waals surface area (Å²) in [6.07, 6.45) is 2.92. The van der Waals surface area contributed by atoms with Crippen molar-refractivity contribution in [2.24, 2.45) is 5.92 Å². The smallest absolute Gasteiger partial charge is 0.283 e. The molecule has 0 radical (unpaired) electrons. The lowest BCUT2D eigenvalue weighted by atomic mass is 9.90. The van der Waals surface area contributed by atoms with E-state index in [0.717, 1.165) is 30.6 Å². The molecule has 0 saturated carbocycles. The van der Waals surface area contributed by atoms with Crippen LogP contribution in [0.15, 0.2) is 9.32 Å². The molecule has 0 bridgehead atoms. The van der Waals surface area contributed by atoms with Gasteiger partial charge >= 0.3 is 0 Å². The second kappa shape index (κ2) is 2.26. The molecule has 0 saturated heterocycles. The summed E-state index contributed by atoms with van der Waals surface area (Å²) >= 11 is 0. The molecule has 1 atom stereocenters. The minimum atomic E-state index is -0.0356. The number of aromatic nitrogens is 1. The second-order valence-electron chi connectivity index (χ2n) is 3.28. The third-order valence-corrected chi connectivity index (χ3v) is 2.29. The Hall–Kier alpha value is -0.990. The molecule has 0 aliphatic heterocycles. The summed E-state index contributed by atoms with van der Waals surface area (Å²) in [5.74, 6) is 1.49. The topological polar surface area (TPSA) is 46.0 Å². The first kappa shape index (κ1) is 6.70. The van der Waals surface area contributed by atoms with Crippen LogP contribution in [0.2, 0.25) is 0 Å². The summed E-state index contributed by atoms with van der Waals surface area (Å²) < 4.78 is 5.00. The summed E-state index contributed by atoms with van der Waals surface area (Å²) in [5, 5.41) is 2.37. The van der Waals surface area contributed by atoms with E-state index >= 15 is 0 Å². The molecule has 60 valence electrons. The first-order valence-electron chi connectivity index (χ1n) is 3.96. The molecule has 0 amide bonds. The molecule has 3 nitrogen and oxygen atoms in total. The highest BCUT2D eigenvalue weighted by atomic mass is 16.5. The van der Waals surface area contributed by atoms with Crippen molar-refractivity contribution in [3.05, 3.63) is 21.7 Å². The maximum atomic E-state index is 11.1. The Kier molecular flexibility index (Phi) is 1.37. The molecule has 0 fully saturated rings. The molecule has 2 rings (SSSR count). The molecular formula is C8H11NO2. The normalized spacial score (nSPS) is 23.2. The molecule has 1 aliphatic rings. The lowest BCUT2D eigenvalue weighted by Gasteiger charge is -2.14. The Morgan fingerprint density at radius 3 is 3.27 bits per heavy atom. The molecule has 0 spiro atoms. The predicted molar refractivity (Wildman–Crippen MR) is 40.5 cm³/mol. The van der Waals surface area contributed by atoms with Gasteiger partial charge in [-0.1, -0.05) is 6.92 Å². The van der Waals surface area contributed by atoms with Gasteiger partial charge in [0.05, 0.1) is 5.56 Å². The Morgan fingerprint density at radius 1 is 1.64 bits per heavy atom. The Balaban J connectivity index is 2.45. The number of hydrogen-bond donors (Lipinski definition) is 1. The predicted octanol–water partition coefficient (Wildman–Crippen LogP) is 1.09. The van der Waals surface area contributed by atoms with Crippen LogP contribution >= 0.6 is 0 Å². The number of aryl methyl sites for hydroxylation is 1. The maximum Gasteiger partial charge on any atom is 0.283 e. The van der Waals surface area contributed by atoms with Gasteiger partial charge in [-0.25, -0.2) is 0 Å². The van der Waals surface area contributed by atoms with E-state index in [1.165, 1.54) is 0 Å². The summed E-state index contributed by atoms with van der Waals surface area (Å²) in [7, 11) is 0. The number of fused-ring (bicyclic) bond motifs is 1. The first-order chi connectivity index (χ1) is 5.27. The van der Waals surface area contributed by atoms with Gasteiger partial charge in [-0.15, -0.1) is 0 Å². The lowest BCUT2D eigenvalue weighted by Crippen LogP contribution is -2.16. The first-order valence-corrected chi connectivity index (χ1v) is 3.96. The highest BCUT2D eigenvalue weighted by Gasteiger charge is 2.20.